The number of benzene rings is 2. The van der Waals surface area contributed by atoms with E-state index in [1.807, 2.05) is 42.5 Å². The molecule has 0 saturated carbocycles. The summed E-state index contributed by atoms with van der Waals surface area (Å²) in [5, 5.41) is 3.65. The van der Waals surface area contributed by atoms with Crippen LogP contribution in [0.1, 0.15) is 35.6 Å². The smallest absolute Gasteiger partial charge is 0.255 e. The highest BCUT2D eigenvalue weighted by atomic mass is 79.9. The van der Waals surface area contributed by atoms with Crippen LogP contribution in [0.2, 0.25) is 5.02 Å². The Bertz CT molecular complexity index is 1460. The molecule has 6 rings (SSSR count). The van der Waals surface area contributed by atoms with Crippen LogP contribution in [0.5, 0.6) is 0 Å². The molecule has 4 aromatic rings. The number of rotatable bonds is 4. The van der Waals surface area contributed by atoms with E-state index in [1.165, 1.54) is 6.33 Å². The number of H-pyrrole nitrogens is 1. The summed E-state index contributed by atoms with van der Waals surface area (Å²) in [5.41, 5.74) is 6.59. The molecule has 1 fully saturated rings. The molecule has 4 heterocycles. The minimum atomic E-state index is -0.0201. The highest BCUT2D eigenvalue weighted by Crippen LogP contribution is 2.39. The van der Waals surface area contributed by atoms with Gasteiger partial charge in [0.2, 0.25) is 0 Å². The van der Waals surface area contributed by atoms with Crippen LogP contribution in [0, 0.1) is 0 Å². The summed E-state index contributed by atoms with van der Waals surface area (Å²) in [6, 6.07) is 9.75. The van der Waals surface area contributed by atoms with E-state index in [2.05, 4.69) is 48.2 Å². The minimum absolute atomic E-state index is 0.0201. The number of nitrogens with one attached hydrogen (secondary N) is 2. The summed E-state index contributed by atoms with van der Waals surface area (Å²) in [6.07, 6.45) is 6.47. The molecule has 8 nitrogen and oxygen atoms in total. The maximum absolute atomic E-state index is 12.9. The average molecular weight is 539 g/mol. The molecule has 1 amide bonds. The largest absolute Gasteiger partial charge is 0.341 e. The highest BCUT2D eigenvalue weighted by Gasteiger charge is 2.39. The molecule has 1 saturated heterocycles. The highest BCUT2D eigenvalue weighted by molar-refractivity contribution is 9.10. The molecule has 0 spiro atoms. The van der Waals surface area contributed by atoms with Crippen molar-refractivity contribution in [1.82, 2.24) is 29.8 Å². The molecule has 0 unspecified atom stereocenters. The summed E-state index contributed by atoms with van der Waals surface area (Å²) >= 11 is 9.73. The van der Waals surface area contributed by atoms with Gasteiger partial charge in [0.15, 0.2) is 5.82 Å². The molecule has 10 heteroatoms. The molecule has 2 atom stereocenters. The first-order valence-electron chi connectivity index (χ1n) is 11.1. The number of aromatic nitrogens is 4. The van der Waals surface area contributed by atoms with E-state index >= 15 is 0 Å². The van der Waals surface area contributed by atoms with Gasteiger partial charge in [-0.3, -0.25) is 4.79 Å². The van der Waals surface area contributed by atoms with Gasteiger partial charge in [-0.15, -0.1) is 0 Å². The molecule has 0 aliphatic carbocycles. The topological polar surface area (TPSA) is 90.0 Å². The molecule has 2 aromatic carbocycles. The van der Waals surface area contributed by atoms with Gasteiger partial charge in [0, 0.05) is 34.0 Å². The van der Waals surface area contributed by atoms with Crippen molar-refractivity contribution in [2.45, 2.75) is 25.4 Å². The summed E-state index contributed by atoms with van der Waals surface area (Å²) in [7, 11) is 0. The maximum atomic E-state index is 12.9. The Hall–Kier alpha value is -3.01. The molecule has 172 valence electrons. The number of hydrogen-bond donors (Lipinski definition) is 2. The van der Waals surface area contributed by atoms with Gasteiger partial charge >= 0.3 is 0 Å². The van der Waals surface area contributed by atoms with Crippen molar-refractivity contribution in [3.05, 3.63) is 69.7 Å². The Kier molecular flexibility index (Phi) is 5.28. The van der Waals surface area contributed by atoms with E-state index in [-0.39, 0.29) is 11.9 Å². The minimum Gasteiger partial charge on any atom is -0.341 e. The number of carbonyl (C=O) groups excluding carboxylic acids is 1. The second kappa shape index (κ2) is 8.33. The van der Waals surface area contributed by atoms with Crippen molar-refractivity contribution < 1.29 is 4.79 Å². The summed E-state index contributed by atoms with van der Waals surface area (Å²) in [4.78, 5) is 31.8. The second-order valence-electron chi connectivity index (χ2n) is 8.66. The lowest BCUT2D eigenvalue weighted by Crippen LogP contribution is -2.52. The summed E-state index contributed by atoms with van der Waals surface area (Å²) < 4.78 is 0.720. The Morgan fingerprint density at radius 2 is 2.00 bits per heavy atom. The molecular weight excluding hydrogens is 518 g/mol. The van der Waals surface area contributed by atoms with Gasteiger partial charge in [0.1, 0.15) is 12.2 Å². The van der Waals surface area contributed by atoms with Gasteiger partial charge in [-0.05, 0) is 59.6 Å². The van der Waals surface area contributed by atoms with Crippen LogP contribution in [-0.4, -0.2) is 54.9 Å². The fraction of sp³-hybridized carbons (Fsp3) is 0.250. The number of halogens is 2. The van der Waals surface area contributed by atoms with Gasteiger partial charge < -0.3 is 15.3 Å². The van der Waals surface area contributed by atoms with Crippen molar-refractivity contribution in [2.24, 2.45) is 0 Å². The van der Waals surface area contributed by atoms with Gasteiger partial charge in [-0.1, -0.05) is 23.8 Å². The zero-order chi connectivity index (χ0) is 23.4. The lowest BCUT2D eigenvalue weighted by molar-refractivity contribution is 0.0486. The summed E-state index contributed by atoms with van der Waals surface area (Å²) in [6.45, 7) is 3.41. The standard InChI is InChI=1S/C24H21BrClN7O/c1-13-8-21(23-29-18-5-4-14(26)9-20(18)30-23)33(13)31-22-16-10-17(25)15(11-19(16)27-12-28-22)24(34)32-6-2-3-7-32/h2-5,9-13,21H,6-8H2,1H3,(H,29,30)(H,27,28,31)/t13-,21-/m0/s1. The van der Waals surface area contributed by atoms with Crippen LogP contribution in [0.15, 0.2) is 53.3 Å². The second-order valence-corrected chi connectivity index (χ2v) is 9.95. The molecule has 2 aliphatic heterocycles. The van der Waals surface area contributed by atoms with Crippen molar-refractivity contribution in [3.63, 3.8) is 0 Å². The van der Waals surface area contributed by atoms with Crippen LogP contribution in [0.25, 0.3) is 21.9 Å². The predicted octanol–water partition coefficient (Wildman–Crippen LogP) is 5.10. The van der Waals surface area contributed by atoms with Crippen molar-refractivity contribution >= 4 is 61.2 Å². The molecular formula is C24H21BrClN7O. The molecule has 0 bridgehead atoms. The lowest BCUT2D eigenvalue weighted by Gasteiger charge is -2.46. The lowest BCUT2D eigenvalue weighted by atomic mass is 9.96. The summed E-state index contributed by atoms with van der Waals surface area (Å²) in [5.74, 6) is 1.55. The van der Waals surface area contributed by atoms with E-state index in [9.17, 15) is 4.79 Å². The normalized spacial score (nSPS) is 20.3. The van der Waals surface area contributed by atoms with E-state index in [1.54, 1.807) is 4.90 Å². The zero-order valence-corrected chi connectivity index (χ0v) is 20.6. The molecule has 0 radical (unpaired) electrons. The molecule has 2 aliphatic rings. The molecule has 2 aromatic heterocycles. The maximum Gasteiger partial charge on any atom is 0.255 e. The first-order valence-corrected chi connectivity index (χ1v) is 12.2. The van der Waals surface area contributed by atoms with Crippen molar-refractivity contribution in [1.29, 1.82) is 0 Å². The number of hydrogen-bond acceptors (Lipinski definition) is 6. The SMILES string of the molecule is C[C@H]1C[C@@H](c2nc3ccc(Cl)cc3[nH]2)N1Nc1ncnc2cc(C(=O)N3CC=CC3)c(Br)cc12. The number of anilines is 1. The predicted molar refractivity (Wildman–Crippen MR) is 136 cm³/mol. The third-order valence-electron chi connectivity index (χ3n) is 6.45. The number of fused-ring (bicyclic) bond motifs is 2. The first kappa shape index (κ1) is 21.5. The Labute approximate surface area is 209 Å². The van der Waals surface area contributed by atoms with Crippen LogP contribution in [-0.2, 0) is 0 Å². The number of carbonyl (C=O) groups is 1. The van der Waals surface area contributed by atoms with Crippen LogP contribution >= 0.6 is 27.5 Å². The zero-order valence-electron chi connectivity index (χ0n) is 18.3. The van der Waals surface area contributed by atoms with Crippen LogP contribution in [0.3, 0.4) is 0 Å². The van der Waals surface area contributed by atoms with E-state index in [0.29, 0.717) is 41.1 Å². The quantitative estimate of drug-likeness (QED) is 0.352. The number of hydrazine groups is 1. The third kappa shape index (κ3) is 3.64. The van der Waals surface area contributed by atoms with Gasteiger partial charge in [-0.2, -0.15) is 0 Å². The van der Waals surface area contributed by atoms with Crippen molar-refractivity contribution in [2.75, 3.05) is 18.5 Å². The van der Waals surface area contributed by atoms with Crippen LogP contribution < -0.4 is 5.43 Å². The number of imidazole rings is 1. The first-order chi connectivity index (χ1) is 16.5. The van der Waals surface area contributed by atoms with E-state index in [4.69, 9.17) is 16.6 Å². The monoisotopic (exact) mass is 537 g/mol. The Morgan fingerprint density at radius 1 is 1.18 bits per heavy atom. The number of aromatic amines is 1. The van der Waals surface area contributed by atoms with E-state index < -0.39 is 0 Å². The van der Waals surface area contributed by atoms with Gasteiger partial charge in [0.05, 0.1) is 28.2 Å². The van der Waals surface area contributed by atoms with Crippen molar-refractivity contribution in [3.8, 4) is 0 Å². The van der Waals surface area contributed by atoms with E-state index in [0.717, 1.165) is 33.1 Å². The average Bonchev–Trinajstić information content (AvgIpc) is 3.50. The number of nitrogens with zero attached hydrogens (tertiary/aromatic N) is 5. The van der Waals surface area contributed by atoms with Gasteiger partial charge in [0.25, 0.3) is 5.91 Å². The Morgan fingerprint density at radius 3 is 2.79 bits per heavy atom. The molecule has 34 heavy (non-hydrogen) atoms. The van der Waals surface area contributed by atoms with Gasteiger partial charge in [-0.25, -0.2) is 20.0 Å². The fourth-order valence-electron chi connectivity index (χ4n) is 4.58. The fourth-order valence-corrected chi connectivity index (χ4v) is 5.26. The van der Waals surface area contributed by atoms with Crippen LogP contribution in [0.4, 0.5) is 5.82 Å². The molecule has 2 N–H and O–H groups in total. The Balaban J connectivity index is 1.30. The third-order valence-corrected chi connectivity index (χ3v) is 7.34. The number of amides is 1.